The van der Waals surface area contributed by atoms with E-state index in [1.165, 1.54) is 24.4 Å². The molecule has 1 aliphatic rings. The van der Waals surface area contributed by atoms with Crippen LogP contribution in [0.5, 0.6) is 0 Å². The Morgan fingerprint density at radius 1 is 1.11 bits per heavy atom. The second-order valence-corrected chi connectivity index (χ2v) is 6.36. The molecule has 2 rings (SSSR count). The van der Waals surface area contributed by atoms with Crippen molar-refractivity contribution in [2.45, 2.75) is 6.18 Å². The number of benzene rings is 1. The van der Waals surface area contributed by atoms with Crippen molar-refractivity contribution in [3.05, 3.63) is 62.9 Å². The van der Waals surface area contributed by atoms with E-state index < -0.39 is 23.7 Å². The van der Waals surface area contributed by atoms with E-state index in [0.717, 1.165) is 31.3 Å². The van der Waals surface area contributed by atoms with E-state index in [0.29, 0.717) is 0 Å². The largest absolute Gasteiger partial charge is 0.465 e. The number of anilines is 1. The van der Waals surface area contributed by atoms with E-state index in [-0.39, 0.29) is 26.5 Å². The van der Waals surface area contributed by atoms with Gasteiger partial charge in [-0.3, -0.25) is 0 Å². The molecule has 27 heavy (non-hydrogen) atoms. The smallest absolute Gasteiger partial charge is 0.416 e. The molecule has 10 heteroatoms. The molecule has 1 aromatic rings. The second kappa shape index (κ2) is 8.18. The number of allylic oxidation sites excluding steroid dienone is 2. The number of nitrogens with zero attached hydrogens (tertiary/aromatic N) is 1. The van der Waals surface area contributed by atoms with Gasteiger partial charge < -0.3 is 14.4 Å². The Hall–Kier alpha value is -2.26. The Morgan fingerprint density at radius 2 is 1.74 bits per heavy atom. The van der Waals surface area contributed by atoms with Crippen LogP contribution in [-0.2, 0) is 25.2 Å². The number of hydrogen-bond acceptors (Lipinski definition) is 5. The molecule has 0 radical (unpaired) electrons. The molecule has 0 saturated heterocycles. The van der Waals surface area contributed by atoms with E-state index in [2.05, 4.69) is 20.7 Å². The highest BCUT2D eigenvalue weighted by molar-refractivity contribution is 9.10. The topological polar surface area (TPSA) is 55.8 Å². The summed E-state index contributed by atoms with van der Waals surface area (Å²) < 4.78 is 48.4. The lowest BCUT2D eigenvalue weighted by molar-refractivity contribution is -0.139. The number of halogens is 5. The van der Waals surface area contributed by atoms with Gasteiger partial charge in [0.1, 0.15) is 5.70 Å². The number of methoxy groups -OCH3 is 2. The average molecular weight is 467 g/mol. The Balaban J connectivity index is 2.75. The van der Waals surface area contributed by atoms with Crippen LogP contribution in [0.25, 0.3) is 0 Å². The SMILES string of the molecule is COC(=O)C1=C(C(=O)OC)N(c2c(Cl)cc(C(F)(F)F)cc2Br)C=CC=C1. The van der Waals surface area contributed by atoms with Gasteiger partial charge in [0, 0.05) is 10.7 Å². The van der Waals surface area contributed by atoms with E-state index in [1.54, 1.807) is 0 Å². The van der Waals surface area contributed by atoms with Crippen molar-refractivity contribution in [3.63, 3.8) is 0 Å². The van der Waals surface area contributed by atoms with Crippen LogP contribution in [0.2, 0.25) is 5.02 Å². The highest BCUT2D eigenvalue weighted by Crippen LogP contribution is 2.42. The lowest BCUT2D eigenvalue weighted by Gasteiger charge is -2.25. The van der Waals surface area contributed by atoms with Crippen molar-refractivity contribution >= 4 is 45.2 Å². The van der Waals surface area contributed by atoms with Crippen molar-refractivity contribution in [1.82, 2.24) is 0 Å². The molecule has 0 saturated carbocycles. The van der Waals surface area contributed by atoms with Gasteiger partial charge in [-0.2, -0.15) is 13.2 Å². The van der Waals surface area contributed by atoms with Gasteiger partial charge in [-0.05, 0) is 40.2 Å². The maximum Gasteiger partial charge on any atom is 0.416 e. The normalized spacial score (nSPS) is 14.3. The van der Waals surface area contributed by atoms with E-state index >= 15 is 0 Å². The van der Waals surface area contributed by atoms with Gasteiger partial charge in [-0.25, -0.2) is 9.59 Å². The molecule has 0 aliphatic carbocycles. The van der Waals surface area contributed by atoms with Gasteiger partial charge in [-0.15, -0.1) is 0 Å². The maximum atomic E-state index is 13.0. The zero-order valence-corrected chi connectivity index (χ0v) is 16.3. The van der Waals surface area contributed by atoms with Crippen LogP contribution in [0.15, 0.2) is 52.3 Å². The highest BCUT2D eigenvalue weighted by Gasteiger charge is 2.34. The zero-order chi connectivity index (χ0) is 20.4. The lowest BCUT2D eigenvalue weighted by Crippen LogP contribution is -2.27. The summed E-state index contributed by atoms with van der Waals surface area (Å²) in [5.74, 6) is -1.74. The first-order valence-corrected chi connectivity index (χ1v) is 8.40. The van der Waals surface area contributed by atoms with Crippen molar-refractivity contribution in [2.75, 3.05) is 19.1 Å². The van der Waals surface area contributed by atoms with E-state index in [1.807, 2.05) is 0 Å². The van der Waals surface area contributed by atoms with Gasteiger partial charge in [-0.1, -0.05) is 17.7 Å². The number of ether oxygens (including phenoxy) is 2. The van der Waals surface area contributed by atoms with Crippen LogP contribution in [-0.4, -0.2) is 26.2 Å². The molecule has 0 N–H and O–H groups in total. The number of carbonyl (C=O) groups is 2. The minimum Gasteiger partial charge on any atom is -0.465 e. The highest BCUT2D eigenvalue weighted by atomic mass is 79.9. The van der Waals surface area contributed by atoms with E-state index in [9.17, 15) is 22.8 Å². The molecule has 0 bridgehead atoms. The predicted octanol–water partition coefficient (Wildman–Crippen LogP) is 4.61. The van der Waals surface area contributed by atoms with Gasteiger partial charge in [0.15, 0.2) is 0 Å². The first kappa shape index (κ1) is 21.0. The molecule has 1 aromatic carbocycles. The molecule has 0 amide bonds. The number of alkyl halides is 3. The Kier molecular flexibility index (Phi) is 6.38. The fraction of sp³-hybridized carbons (Fsp3) is 0.176. The first-order valence-electron chi connectivity index (χ1n) is 7.23. The number of esters is 2. The third-order valence-corrected chi connectivity index (χ3v) is 4.37. The summed E-state index contributed by atoms with van der Waals surface area (Å²) in [7, 11) is 2.23. The third kappa shape index (κ3) is 4.36. The van der Waals surface area contributed by atoms with Crippen LogP contribution in [0, 0.1) is 0 Å². The number of carbonyl (C=O) groups excluding carboxylic acids is 2. The van der Waals surface area contributed by atoms with Crippen molar-refractivity contribution < 1.29 is 32.2 Å². The van der Waals surface area contributed by atoms with Crippen LogP contribution >= 0.6 is 27.5 Å². The summed E-state index contributed by atoms with van der Waals surface area (Å²) >= 11 is 9.14. The quantitative estimate of drug-likeness (QED) is 0.609. The lowest BCUT2D eigenvalue weighted by atomic mass is 10.1. The molecule has 1 aliphatic heterocycles. The van der Waals surface area contributed by atoms with Crippen LogP contribution in [0.4, 0.5) is 18.9 Å². The number of rotatable bonds is 3. The standard InChI is InChI=1S/C17H12BrClF3NO4/c1-26-15(24)10-5-3-4-6-23(13(10)16(25)27-2)14-11(18)7-9(8-12(14)19)17(20,21)22/h3-8H,1-2H3. The molecule has 1 heterocycles. The molecule has 0 spiro atoms. The van der Waals surface area contributed by atoms with Gasteiger partial charge in [0.05, 0.1) is 36.1 Å². The van der Waals surface area contributed by atoms with Gasteiger partial charge >= 0.3 is 18.1 Å². The Labute approximate surface area is 165 Å². The van der Waals surface area contributed by atoms with Gasteiger partial charge in [0.2, 0.25) is 0 Å². The molecule has 0 unspecified atom stereocenters. The Bertz CT molecular complexity index is 854. The summed E-state index contributed by atoms with van der Waals surface area (Å²) in [5, 5.41) is -0.297. The molecule has 0 fully saturated rings. The van der Waals surface area contributed by atoms with Crippen molar-refractivity contribution in [2.24, 2.45) is 0 Å². The third-order valence-electron chi connectivity index (χ3n) is 3.47. The predicted molar refractivity (Wildman–Crippen MR) is 96.0 cm³/mol. The van der Waals surface area contributed by atoms with Crippen LogP contribution in [0.1, 0.15) is 5.56 Å². The van der Waals surface area contributed by atoms with Crippen molar-refractivity contribution in [3.8, 4) is 0 Å². The van der Waals surface area contributed by atoms with Crippen molar-refractivity contribution in [1.29, 1.82) is 0 Å². The molecule has 5 nitrogen and oxygen atoms in total. The van der Waals surface area contributed by atoms with Gasteiger partial charge in [0.25, 0.3) is 0 Å². The summed E-state index contributed by atoms with van der Waals surface area (Å²) in [4.78, 5) is 25.6. The number of hydrogen-bond donors (Lipinski definition) is 0. The fourth-order valence-corrected chi connectivity index (χ4v) is 3.37. The zero-order valence-electron chi connectivity index (χ0n) is 13.9. The maximum absolute atomic E-state index is 13.0. The molecule has 0 aromatic heterocycles. The fourth-order valence-electron chi connectivity index (χ4n) is 2.30. The monoisotopic (exact) mass is 465 g/mol. The Morgan fingerprint density at radius 3 is 2.26 bits per heavy atom. The minimum absolute atomic E-state index is 0.0198. The summed E-state index contributed by atoms with van der Waals surface area (Å²) in [6, 6.07) is 1.54. The second-order valence-electron chi connectivity index (χ2n) is 5.10. The molecule has 0 atom stereocenters. The molecule has 144 valence electrons. The summed E-state index contributed by atoms with van der Waals surface area (Å²) in [6.07, 6.45) is 0.998. The van der Waals surface area contributed by atoms with Crippen LogP contribution in [0.3, 0.4) is 0 Å². The molecular formula is C17H12BrClF3NO4. The first-order chi connectivity index (χ1) is 12.6. The van der Waals surface area contributed by atoms with E-state index in [4.69, 9.17) is 16.3 Å². The van der Waals surface area contributed by atoms with Crippen LogP contribution < -0.4 is 4.90 Å². The summed E-state index contributed by atoms with van der Waals surface area (Å²) in [5.41, 5.74) is -1.38. The summed E-state index contributed by atoms with van der Waals surface area (Å²) in [6.45, 7) is 0. The molecular weight excluding hydrogens is 455 g/mol. The average Bonchev–Trinajstić information content (AvgIpc) is 2.82. The minimum atomic E-state index is -4.61.